The standard InChI is InChI=1S/C22H26I4O4.C18H18I4O2/c23-13-17-7-18(14-24)10-21(9-17)29-5-3-27-1-2-28-4-6-30-22-11-19(15-25)8-20(12-22)16-26;19-9-13-3-14(10-20)6-17(5-13)23-1-2-24-18-7-15(11-21)4-16(8-18)12-22/h7-12H,1-6,13-16H2;3-8H,1-2,9-12H2. The smallest absolute Gasteiger partial charge is 0.122 e. The fourth-order valence-corrected chi connectivity index (χ4v) is 8.47. The Bertz CT molecular complexity index is 1450. The third kappa shape index (κ3) is 20.4. The van der Waals surface area contributed by atoms with Crippen molar-refractivity contribution in [3.63, 3.8) is 0 Å². The first kappa shape index (κ1) is 50.2. The van der Waals surface area contributed by atoms with E-state index in [4.69, 9.17) is 28.4 Å². The van der Waals surface area contributed by atoms with E-state index in [0.29, 0.717) is 52.9 Å². The van der Waals surface area contributed by atoms with E-state index in [1.165, 1.54) is 44.5 Å². The van der Waals surface area contributed by atoms with Crippen LogP contribution in [-0.2, 0) is 44.9 Å². The summed E-state index contributed by atoms with van der Waals surface area (Å²) in [7, 11) is 0. The van der Waals surface area contributed by atoms with E-state index in [2.05, 4.69) is 254 Å². The molecule has 0 amide bonds. The van der Waals surface area contributed by atoms with Crippen molar-refractivity contribution in [3.05, 3.63) is 117 Å². The summed E-state index contributed by atoms with van der Waals surface area (Å²) >= 11 is 19.0. The van der Waals surface area contributed by atoms with Crippen molar-refractivity contribution in [2.75, 3.05) is 52.9 Å². The summed E-state index contributed by atoms with van der Waals surface area (Å²) in [6.07, 6.45) is 0. The summed E-state index contributed by atoms with van der Waals surface area (Å²) in [5.74, 6) is 3.72. The maximum absolute atomic E-state index is 5.89. The summed E-state index contributed by atoms with van der Waals surface area (Å²) in [5, 5.41) is 0. The molecule has 296 valence electrons. The predicted molar refractivity (Wildman–Crippen MR) is 291 cm³/mol. The van der Waals surface area contributed by atoms with Crippen molar-refractivity contribution in [2.24, 2.45) is 0 Å². The molecule has 0 fully saturated rings. The van der Waals surface area contributed by atoms with Crippen LogP contribution in [0, 0.1) is 0 Å². The number of halogens is 8. The molecule has 0 saturated heterocycles. The fourth-order valence-electron chi connectivity index (χ4n) is 4.94. The van der Waals surface area contributed by atoms with Crippen molar-refractivity contribution in [2.45, 2.75) is 35.4 Å². The summed E-state index contributed by atoms with van der Waals surface area (Å²) < 4.78 is 42.6. The first-order chi connectivity index (χ1) is 26.4. The largest absolute Gasteiger partial charge is 0.491 e. The number of benzene rings is 4. The lowest BCUT2D eigenvalue weighted by molar-refractivity contribution is 0.0273. The van der Waals surface area contributed by atoms with Gasteiger partial charge in [0.15, 0.2) is 0 Å². The Balaban J connectivity index is 0.000000297. The Hall–Kier alpha value is 1.84. The molecule has 0 radical (unpaired) electrons. The highest BCUT2D eigenvalue weighted by Gasteiger charge is 2.05. The van der Waals surface area contributed by atoms with Crippen LogP contribution in [0.15, 0.2) is 72.8 Å². The lowest BCUT2D eigenvalue weighted by Gasteiger charge is -2.12. The van der Waals surface area contributed by atoms with E-state index < -0.39 is 0 Å². The van der Waals surface area contributed by atoms with Gasteiger partial charge in [0.05, 0.1) is 26.4 Å². The Labute approximate surface area is 430 Å². The van der Waals surface area contributed by atoms with E-state index in [1.807, 2.05) is 0 Å². The zero-order chi connectivity index (χ0) is 39.0. The highest BCUT2D eigenvalue weighted by Crippen LogP contribution is 2.25. The quantitative estimate of drug-likeness (QED) is 0.0396. The van der Waals surface area contributed by atoms with Gasteiger partial charge in [0.1, 0.15) is 49.4 Å². The van der Waals surface area contributed by atoms with E-state index >= 15 is 0 Å². The Morgan fingerprint density at radius 2 is 0.407 bits per heavy atom. The van der Waals surface area contributed by atoms with Crippen LogP contribution >= 0.6 is 181 Å². The average molecular weight is 1640 g/mol. The molecule has 6 nitrogen and oxygen atoms in total. The third-order valence-electron chi connectivity index (χ3n) is 7.32. The highest BCUT2D eigenvalue weighted by atomic mass is 127. The van der Waals surface area contributed by atoms with Crippen LogP contribution in [0.5, 0.6) is 23.0 Å². The zero-order valence-electron chi connectivity index (χ0n) is 29.7. The molecular formula is C40H44I8O6. The molecule has 0 aliphatic carbocycles. The van der Waals surface area contributed by atoms with Gasteiger partial charge >= 0.3 is 0 Å². The lowest BCUT2D eigenvalue weighted by atomic mass is 10.1. The van der Waals surface area contributed by atoms with E-state index in [1.54, 1.807) is 0 Å². The molecule has 0 bridgehead atoms. The number of ether oxygens (including phenoxy) is 6. The van der Waals surface area contributed by atoms with Crippen LogP contribution < -0.4 is 18.9 Å². The first-order valence-corrected chi connectivity index (χ1v) is 29.2. The van der Waals surface area contributed by atoms with Gasteiger partial charge in [0, 0.05) is 35.4 Å². The molecule has 0 atom stereocenters. The maximum Gasteiger partial charge on any atom is 0.122 e. The van der Waals surface area contributed by atoms with Crippen molar-refractivity contribution < 1.29 is 28.4 Å². The van der Waals surface area contributed by atoms with Gasteiger partial charge in [-0.25, -0.2) is 0 Å². The number of alkyl halides is 8. The molecule has 54 heavy (non-hydrogen) atoms. The number of hydrogen-bond acceptors (Lipinski definition) is 6. The van der Waals surface area contributed by atoms with E-state index in [-0.39, 0.29) is 0 Å². The summed E-state index contributed by atoms with van der Waals surface area (Å²) in [5.41, 5.74) is 10.4. The Morgan fingerprint density at radius 3 is 0.593 bits per heavy atom. The van der Waals surface area contributed by atoms with Crippen molar-refractivity contribution in [3.8, 4) is 23.0 Å². The van der Waals surface area contributed by atoms with E-state index in [9.17, 15) is 0 Å². The van der Waals surface area contributed by atoms with Gasteiger partial charge in [-0.15, -0.1) is 0 Å². The van der Waals surface area contributed by atoms with Crippen molar-refractivity contribution in [1.29, 1.82) is 0 Å². The molecule has 0 spiro atoms. The van der Waals surface area contributed by atoms with Gasteiger partial charge in [-0.05, 0) is 93.0 Å². The van der Waals surface area contributed by atoms with Crippen molar-refractivity contribution in [1.82, 2.24) is 0 Å². The number of rotatable bonds is 24. The minimum Gasteiger partial charge on any atom is -0.491 e. The molecule has 0 aliphatic heterocycles. The SMILES string of the molecule is ICc1cc(CI)cc(OCCOCCOCCOc2cc(CI)cc(CI)c2)c1.ICc1cc(CI)cc(OCCOc2cc(CI)cc(CI)c2)c1. The molecule has 0 aliphatic rings. The minimum atomic E-state index is 0.542. The van der Waals surface area contributed by atoms with Gasteiger partial charge < -0.3 is 28.4 Å². The molecule has 0 aromatic heterocycles. The van der Waals surface area contributed by atoms with Crippen LogP contribution in [0.25, 0.3) is 0 Å². The van der Waals surface area contributed by atoms with Crippen LogP contribution in [0.1, 0.15) is 44.5 Å². The molecular weight excluding hydrogens is 1590 g/mol. The molecule has 4 aromatic rings. The van der Waals surface area contributed by atoms with Gasteiger partial charge in [-0.2, -0.15) is 0 Å². The van der Waals surface area contributed by atoms with Gasteiger partial charge in [-0.3, -0.25) is 0 Å². The summed E-state index contributed by atoms with van der Waals surface area (Å²) in [4.78, 5) is 0. The molecule has 0 heterocycles. The molecule has 0 N–H and O–H groups in total. The predicted octanol–water partition coefficient (Wildman–Crippen LogP) is 13.8. The van der Waals surface area contributed by atoms with Crippen LogP contribution in [-0.4, -0.2) is 52.9 Å². The monoisotopic (exact) mass is 1640 g/mol. The molecule has 4 aromatic carbocycles. The first-order valence-electron chi connectivity index (χ1n) is 17.0. The Morgan fingerprint density at radius 1 is 0.241 bits per heavy atom. The Kier molecular flexibility index (Phi) is 28.6. The van der Waals surface area contributed by atoms with E-state index in [0.717, 1.165) is 58.4 Å². The van der Waals surface area contributed by atoms with Gasteiger partial charge in [0.25, 0.3) is 0 Å². The molecule has 0 saturated carbocycles. The lowest BCUT2D eigenvalue weighted by Crippen LogP contribution is -2.13. The second-order valence-electron chi connectivity index (χ2n) is 11.6. The summed E-state index contributed by atoms with van der Waals surface area (Å²) in [6.45, 7) is 4.41. The second kappa shape index (κ2) is 30.8. The molecule has 14 heteroatoms. The maximum atomic E-state index is 5.89. The highest BCUT2D eigenvalue weighted by molar-refractivity contribution is 14.1. The van der Waals surface area contributed by atoms with Gasteiger partial charge in [-0.1, -0.05) is 205 Å². The normalized spacial score (nSPS) is 10.8. The average Bonchev–Trinajstić information content (AvgIpc) is 3.22. The summed E-state index contributed by atoms with van der Waals surface area (Å²) in [6, 6.07) is 25.8. The van der Waals surface area contributed by atoms with Crippen LogP contribution in [0.4, 0.5) is 0 Å². The minimum absolute atomic E-state index is 0.542. The van der Waals surface area contributed by atoms with Crippen LogP contribution in [0.2, 0.25) is 0 Å². The third-order valence-corrected chi connectivity index (χ3v) is 14.4. The molecule has 0 unspecified atom stereocenters. The topological polar surface area (TPSA) is 55.4 Å². The fraction of sp³-hybridized carbons (Fsp3) is 0.400. The second-order valence-corrected chi connectivity index (χ2v) is 17.7. The van der Waals surface area contributed by atoms with Crippen molar-refractivity contribution >= 4 is 181 Å². The van der Waals surface area contributed by atoms with Gasteiger partial charge in [0.2, 0.25) is 0 Å². The number of hydrogen-bond donors (Lipinski definition) is 0. The zero-order valence-corrected chi connectivity index (χ0v) is 47.0. The van der Waals surface area contributed by atoms with Crippen LogP contribution in [0.3, 0.4) is 0 Å². The molecule has 4 rings (SSSR count).